The lowest BCUT2D eigenvalue weighted by atomic mass is 10.2. The van der Waals surface area contributed by atoms with E-state index in [0.29, 0.717) is 3.97 Å². The van der Waals surface area contributed by atoms with Crippen LogP contribution < -0.4 is 11.3 Å². The van der Waals surface area contributed by atoms with Crippen LogP contribution >= 0.6 is 0 Å². The molecule has 2 N–H and O–H groups in total. The van der Waals surface area contributed by atoms with E-state index in [4.69, 9.17) is 5.41 Å². The molecule has 0 radical (unpaired) electrons. The summed E-state index contributed by atoms with van der Waals surface area (Å²) in [4.78, 5) is 11.8. The van der Waals surface area contributed by atoms with Crippen molar-refractivity contribution in [1.82, 2.24) is 13.8 Å². The van der Waals surface area contributed by atoms with Crippen molar-refractivity contribution in [2.24, 2.45) is 0 Å². The van der Waals surface area contributed by atoms with E-state index in [1.54, 1.807) is 26.0 Å². The van der Waals surface area contributed by atoms with Crippen LogP contribution in [0.3, 0.4) is 0 Å². The van der Waals surface area contributed by atoms with E-state index in [0.717, 1.165) is 5.56 Å². The van der Waals surface area contributed by atoms with Crippen LogP contribution in [-0.4, -0.2) is 22.2 Å². The minimum absolute atomic E-state index is 0.0198. The molecule has 2 rings (SSSR count). The van der Waals surface area contributed by atoms with Crippen LogP contribution in [0.4, 0.5) is 0 Å². The molecule has 1 aromatic carbocycles. The minimum atomic E-state index is -4.07. The molecule has 20 heavy (non-hydrogen) atoms. The molecular weight excluding hydrogens is 280 g/mol. The van der Waals surface area contributed by atoms with Gasteiger partial charge in [-0.25, -0.2) is 23.0 Å². The molecule has 0 bridgehead atoms. The normalized spacial score (nSPS) is 12.0. The first kappa shape index (κ1) is 14.3. The van der Waals surface area contributed by atoms with Crippen LogP contribution in [0.2, 0.25) is 0 Å². The summed E-state index contributed by atoms with van der Waals surface area (Å²) in [6.07, 6.45) is 0. The van der Waals surface area contributed by atoms with Crippen LogP contribution in [0.15, 0.2) is 34.0 Å². The summed E-state index contributed by atoms with van der Waals surface area (Å²) in [7, 11) is -4.07. The van der Waals surface area contributed by atoms with E-state index < -0.39 is 21.3 Å². The van der Waals surface area contributed by atoms with E-state index >= 15 is 0 Å². The van der Waals surface area contributed by atoms with E-state index in [-0.39, 0.29) is 10.9 Å². The highest BCUT2D eigenvalue weighted by Crippen LogP contribution is 2.11. The lowest BCUT2D eigenvalue weighted by Gasteiger charge is -2.06. The Hall–Kier alpha value is -2.09. The van der Waals surface area contributed by atoms with Gasteiger partial charge in [0.05, 0.1) is 4.90 Å². The largest absolute Gasteiger partial charge is 0.357 e. The number of rotatable bonds is 3. The monoisotopic (exact) mass is 296 g/mol. The summed E-state index contributed by atoms with van der Waals surface area (Å²) in [6, 6.07) is 5.91. The molecule has 108 valence electrons. The van der Waals surface area contributed by atoms with Gasteiger partial charge < -0.3 is 0 Å². The number of H-pyrrole nitrogens is 1. The van der Waals surface area contributed by atoms with Crippen molar-refractivity contribution >= 4 is 10.0 Å². The zero-order valence-electron chi connectivity index (χ0n) is 11.4. The van der Waals surface area contributed by atoms with Gasteiger partial charge in [-0.2, -0.15) is 0 Å². The second-order valence-electron chi connectivity index (χ2n) is 4.79. The molecule has 0 saturated heterocycles. The maximum atomic E-state index is 12.4. The number of nitrogens with one attached hydrogen (secondary N) is 2. The minimum Gasteiger partial charge on any atom is -0.266 e. The van der Waals surface area contributed by atoms with Gasteiger partial charge in [-0.05, 0) is 32.9 Å². The highest BCUT2D eigenvalue weighted by molar-refractivity contribution is 7.89. The first-order chi connectivity index (χ1) is 9.25. The Morgan fingerprint density at radius 2 is 1.75 bits per heavy atom. The predicted octanol–water partition coefficient (Wildman–Crippen LogP) is 0.584. The number of aromatic amines is 1. The van der Waals surface area contributed by atoms with Crippen LogP contribution in [0.25, 0.3) is 0 Å². The van der Waals surface area contributed by atoms with Crippen molar-refractivity contribution in [2.75, 3.05) is 0 Å². The summed E-state index contributed by atoms with van der Waals surface area (Å²) in [6.45, 7) is 5.33. The van der Waals surface area contributed by atoms with Gasteiger partial charge in [0, 0.05) is 6.04 Å². The Balaban J connectivity index is 2.71. The molecule has 0 unspecified atom stereocenters. The van der Waals surface area contributed by atoms with Gasteiger partial charge in [-0.3, -0.25) is 5.41 Å². The maximum Gasteiger partial charge on any atom is 0.357 e. The Kier molecular flexibility index (Phi) is 3.43. The van der Waals surface area contributed by atoms with E-state index in [2.05, 4.69) is 5.10 Å². The van der Waals surface area contributed by atoms with E-state index in [1.807, 2.05) is 6.92 Å². The number of hydrogen-bond acceptors (Lipinski definition) is 4. The third kappa shape index (κ3) is 2.22. The van der Waals surface area contributed by atoms with Crippen molar-refractivity contribution in [3.63, 3.8) is 0 Å². The molecule has 7 nitrogen and oxygen atoms in total. The van der Waals surface area contributed by atoms with Crippen LogP contribution in [0.5, 0.6) is 0 Å². The van der Waals surface area contributed by atoms with Crippen LogP contribution in [0.1, 0.15) is 25.5 Å². The lowest BCUT2D eigenvalue weighted by Crippen LogP contribution is -2.35. The van der Waals surface area contributed by atoms with Crippen molar-refractivity contribution in [2.45, 2.75) is 31.7 Å². The fraction of sp³-hybridized carbons (Fsp3) is 0.333. The molecule has 1 heterocycles. The molecule has 0 aliphatic carbocycles. The van der Waals surface area contributed by atoms with Crippen molar-refractivity contribution in [1.29, 1.82) is 5.41 Å². The fourth-order valence-electron chi connectivity index (χ4n) is 1.81. The molecule has 0 fully saturated rings. The highest BCUT2D eigenvalue weighted by Gasteiger charge is 2.23. The second kappa shape index (κ2) is 4.78. The molecule has 0 saturated carbocycles. The molecule has 0 atom stereocenters. The number of nitrogens with zero attached hydrogens (tertiary/aromatic N) is 2. The molecule has 0 aliphatic heterocycles. The Bertz CT molecular complexity index is 838. The van der Waals surface area contributed by atoms with Gasteiger partial charge in [0.15, 0.2) is 0 Å². The summed E-state index contributed by atoms with van der Waals surface area (Å²) < 4.78 is 26.5. The number of hydrogen-bond donors (Lipinski definition) is 2. The third-order valence-electron chi connectivity index (χ3n) is 2.90. The topological polar surface area (TPSA) is 101 Å². The molecule has 0 spiro atoms. The summed E-state index contributed by atoms with van der Waals surface area (Å²) >= 11 is 0. The average Bonchev–Trinajstić information content (AvgIpc) is 2.66. The van der Waals surface area contributed by atoms with Crippen molar-refractivity contribution in [3.05, 3.63) is 45.9 Å². The van der Waals surface area contributed by atoms with E-state index in [1.165, 1.54) is 16.8 Å². The molecular formula is C12H16N4O3S. The second-order valence-corrected chi connectivity index (χ2v) is 6.57. The van der Waals surface area contributed by atoms with Gasteiger partial charge in [0.2, 0.25) is 5.62 Å². The SMILES string of the molecule is Cc1ccc(S(=O)(=O)n2c(=O)[nH]n(C(C)C)c2=N)cc1. The quantitative estimate of drug-likeness (QED) is 0.866. The smallest absolute Gasteiger partial charge is 0.266 e. The maximum absolute atomic E-state index is 12.4. The molecule has 0 aliphatic rings. The Morgan fingerprint density at radius 1 is 1.20 bits per heavy atom. The standard InChI is InChI=1S/C12H16N4O3S/c1-8(2)15-11(13)16(12(17)14-15)20(18,19)10-6-4-9(3)5-7-10/h4-8,13H,1-3H3,(H,14,17). The Labute approximate surface area is 116 Å². The summed E-state index contributed by atoms with van der Waals surface area (Å²) in [5.41, 5.74) is -0.330. The van der Waals surface area contributed by atoms with Gasteiger partial charge in [0.25, 0.3) is 10.0 Å². The summed E-state index contributed by atoms with van der Waals surface area (Å²) in [5.74, 6) is 0. The average molecular weight is 296 g/mol. The summed E-state index contributed by atoms with van der Waals surface area (Å²) in [5, 5.41) is 10.2. The van der Waals surface area contributed by atoms with E-state index in [9.17, 15) is 13.2 Å². The van der Waals surface area contributed by atoms with Crippen LogP contribution in [0, 0.1) is 12.3 Å². The van der Waals surface area contributed by atoms with Crippen molar-refractivity contribution in [3.8, 4) is 0 Å². The third-order valence-corrected chi connectivity index (χ3v) is 4.58. The molecule has 2 aromatic rings. The fourth-order valence-corrected chi connectivity index (χ4v) is 3.07. The lowest BCUT2D eigenvalue weighted by molar-refractivity contribution is 0.496. The molecule has 8 heteroatoms. The first-order valence-electron chi connectivity index (χ1n) is 6.05. The predicted molar refractivity (Wildman–Crippen MR) is 73.0 cm³/mol. The Morgan fingerprint density at radius 3 is 2.20 bits per heavy atom. The van der Waals surface area contributed by atoms with Gasteiger partial charge in [-0.15, -0.1) is 3.97 Å². The zero-order valence-corrected chi connectivity index (χ0v) is 12.2. The van der Waals surface area contributed by atoms with Crippen molar-refractivity contribution < 1.29 is 8.42 Å². The molecule has 1 aromatic heterocycles. The van der Waals surface area contributed by atoms with Gasteiger partial charge >= 0.3 is 5.69 Å². The van der Waals surface area contributed by atoms with Gasteiger partial charge in [0.1, 0.15) is 0 Å². The zero-order chi connectivity index (χ0) is 15.1. The number of aromatic nitrogens is 3. The first-order valence-corrected chi connectivity index (χ1v) is 7.49. The highest BCUT2D eigenvalue weighted by atomic mass is 32.2. The molecule has 0 amide bonds. The van der Waals surface area contributed by atoms with Gasteiger partial charge in [-0.1, -0.05) is 17.7 Å². The van der Waals surface area contributed by atoms with Crippen LogP contribution in [-0.2, 0) is 10.0 Å². The number of benzene rings is 1. The number of aryl methyl sites for hydroxylation is 1.